The van der Waals surface area contributed by atoms with Gasteiger partial charge in [-0.25, -0.2) is 4.39 Å². The van der Waals surface area contributed by atoms with Crippen molar-refractivity contribution in [2.45, 2.75) is 129 Å². The van der Waals surface area contributed by atoms with Crippen LogP contribution < -0.4 is 4.74 Å². The van der Waals surface area contributed by atoms with Gasteiger partial charge in [0.05, 0.1) is 6.61 Å². The number of ether oxygens (including phenoxy) is 1. The Balaban J connectivity index is 1.70. The molecule has 1 aliphatic carbocycles. The van der Waals surface area contributed by atoms with Gasteiger partial charge in [-0.2, -0.15) is 4.39 Å². The molecular formula is C28H46F2O. The molecule has 3 heteroatoms. The molecule has 0 saturated heterocycles. The number of hydrogen-bond donors (Lipinski definition) is 0. The summed E-state index contributed by atoms with van der Waals surface area (Å²) in [5.74, 6) is -0.470. The van der Waals surface area contributed by atoms with Gasteiger partial charge in [0.1, 0.15) is 0 Å². The van der Waals surface area contributed by atoms with E-state index in [0.29, 0.717) is 12.2 Å². The monoisotopic (exact) mass is 436 g/mol. The maximum absolute atomic E-state index is 14.8. The fourth-order valence-corrected chi connectivity index (χ4v) is 5.01. The van der Waals surface area contributed by atoms with Gasteiger partial charge in [0.2, 0.25) is 5.82 Å². The Morgan fingerprint density at radius 3 is 1.94 bits per heavy atom. The van der Waals surface area contributed by atoms with Crippen LogP contribution in [0.4, 0.5) is 8.78 Å². The molecule has 1 saturated carbocycles. The molecule has 2 rings (SSSR count). The zero-order valence-electron chi connectivity index (χ0n) is 20.2. The Hall–Kier alpha value is -1.12. The molecule has 0 atom stereocenters. The summed E-state index contributed by atoms with van der Waals surface area (Å²) in [5, 5.41) is 0. The third-order valence-electron chi connectivity index (χ3n) is 7.08. The van der Waals surface area contributed by atoms with Gasteiger partial charge in [-0.1, -0.05) is 97.0 Å². The molecule has 1 aromatic carbocycles. The average molecular weight is 437 g/mol. The Labute approximate surface area is 190 Å². The molecule has 0 heterocycles. The lowest BCUT2D eigenvalue weighted by Crippen LogP contribution is -2.15. The normalized spacial score (nSPS) is 19.0. The SMILES string of the molecule is CCCCCCCCOc1ccc([C@H]2CC[C@H](CCCCCCCC)CC2)c(F)c1F. The van der Waals surface area contributed by atoms with E-state index in [4.69, 9.17) is 4.74 Å². The molecule has 1 nitrogen and oxygen atoms in total. The van der Waals surface area contributed by atoms with Crippen LogP contribution in [0.3, 0.4) is 0 Å². The molecule has 1 aliphatic rings. The first kappa shape index (κ1) is 26.1. The summed E-state index contributed by atoms with van der Waals surface area (Å²) < 4.78 is 34.9. The number of hydrogen-bond acceptors (Lipinski definition) is 1. The summed E-state index contributed by atoms with van der Waals surface area (Å²) in [4.78, 5) is 0. The highest BCUT2D eigenvalue weighted by molar-refractivity contribution is 5.33. The molecule has 1 aromatic rings. The summed E-state index contributed by atoms with van der Waals surface area (Å²) in [6.45, 7) is 4.92. The summed E-state index contributed by atoms with van der Waals surface area (Å²) in [7, 11) is 0. The van der Waals surface area contributed by atoms with Gasteiger partial charge >= 0.3 is 0 Å². The molecule has 0 aromatic heterocycles. The Bertz CT molecular complexity index is 593. The fraction of sp³-hybridized carbons (Fsp3) is 0.786. The molecule has 0 N–H and O–H groups in total. The highest BCUT2D eigenvalue weighted by Crippen LogP contribution is 2.40. The van der Waals surface area contributed by atoms with E-state index in [2.05, 4.69) is 13.8 Å². The van der Waals surface area contributed by atoms with E-state index < -0.39 is 11.6 Å². The Kier molecular flexibility index (Phi) is 13.2. The largest absolute Gasteiger partial charge is 0.490 e. The highest BCUT2D eigenvalue weighted by Gasteiger charge is 2.26. The van der Waals surface area contributed by atoms with Crippen LogP contribution in [-0.4, -0.2) is 6.61 Å². The van der Waals surface area contributed by atoms with Gasteiger partial charge in [-0.05, 0) is 55.6 Å². The molecule has 0 unspecified atom stereocenters. The second kappa shape index (κ2) is 15.6. The van der Waals surface area contributed by atoms with Gasteiger partial charge in [-0.15, -0.1) is 0 Å². The molecule has 31 heavy (non-hydrogen) atoms. The molecule has 0 spiro atoms. The molecule has 178 valence electrons. The van der Waals surface area contributed by atoms with E-state index >= 15 is 0 Å². The summed E-state index contributed by atoms with van der Waals surface area (Å²) in [6, 6.07) is 3.42. The lowest BCUT2D eigenvalue weighted by molar-refractivity contribution is 0.279. The first-order valence-corrected chi connectivity index (χ1v) is 13.3. The van der Waals surface area contributed by atoms with E-state index in [0.717, 1.165) is 44.4 Å². The van der Waals surface area contributed by atoms with Gasteiger partial charge in [0, 0.05) is 0 Å². The molecule has 0 aliphatic heterocycles. The number of rotatable bonds is 16. The molecule has 1 fully saturated rings. The van der Waals surface area contributed by atoms with E-state index in [9.17, 15) is 8.78 Å². The van der Waals surface area contributed by atoms with Crippen molar-refractivity contribution in [3.8, 4) is 5.75 Å². The number of halogens is 2. The summed E-state index contributed by atoms with van der Waals surface area (Å²) >= 11 is 0. The van der Waals surface area contributed by atoms with Crippen molar-refractivity contribution in [3.63, 3.8) is 0 Å². The number of unbranched alkanes of at least 4 members (excludes halogenated alkanes) is 10. The highest BCUT2D eigenvalue weighted by atomic mass is 19.2. The molecule has 0 radical (unpaired) electrons. The standard InChI is InChI=1S/C28H46F2O/c1-3-5-7-9-11-13-15-23-16-18-24(19-17-23)25-20-21-26(28(30)27(25)29)31-22-14-12-10-8-6-4-2/h20-21,23-24H,3-19,22H2,1-2H3/t23-,24-. The van der Waals surface area contributed by atoms with E-state index in [1.807, 2.05) is 0 Å². The molecular weight excluding hydrogens is 390 g/mol. The van der Waals surface area contributed by atoms with E-state index in [1.54, 1.807) is 12.1 Å². The lowest BCUT2D eigenvalue weighted by Gasteiger charge is -2.29. The quantitative estimate of drug-likeness (QED) is 0.234. The molecule has 0 bridgehead atoms. The molecule has 0 amide bonds. The van der Waals surface area contributed by atoms with Crippen LogP contribution in [0, 0.1) is 17.6 Å². The van der Waals surface area contributed by atoms with Crippen molar-refractivity contribution >= 4 is 0 Å². The minimum atomic E-state index is -0.794. The minimum absolute atomic E-state index is 0.0755. The first-order valence-electron chi connectivity index (χ1n) is 13.3. The zero-order valence-corrected chi connectivity index (χ0v) is 20.2. The van der Waals surface area contributed by atoms with Gasteiger partial charge in [0.25, 0.3) is 0 Å². The Morgan fingerprint density at radius 2 is 1.29 bits per heavy atom. The van der Waals surface area contributed by atoms with E-state index in [-0.39, 0.29) is 11.7 Å². The summed E-state index contributed by atoms with van der Waals surface area (Å²) in [5.41, 5.74) is 0.558. The van der Waals surface area contributed by atoms with Crippen LogP contribution in [0.25, 0.3) is 0 Å². The second-order valence-corrected chi connectivity index (χ2v) is 9.67. The van der Waals surface area contributed by atoms with Crippen molar-refractivity contribution < 1.29 is 13.5 Å². The van der Waals surface area contributed by atoms with Gasteiger partial charge in [0.15, 0.2) is 11.6 Å². The minimum Gasteiger partial charge on any atom is -0.490 e. The van der Waals surface area contributed by atoms with Crippen LogP contribution in [0.1, 0.15) is 134 Å². The van der Waals surface area contributed by atoms with Crippen molar-refractivity contribution in [3.05, 3.63) is 29.3 Å². The van der Waals surface area contributed by atoms with Crippen molar-refractivity contribution in [2.75, 3.05) is 6.61 Å². The maximum atomic E-state index is 14.8. The predicted molar refractivity (Wildman–Crippen MR) is 128 cm³/mol. The smallest absolute Gasteiger partial charge is 0.200 e. The van der Waals surface area contributed by atoms with Crippen LogP contribution in [0.2, 0.25) is 0 Å². The number of benzene rings is 1. The predicted octanol–water partition coefficient (Wildman–Crippen LogP) is 9.73. The maximum Gasteiger partial charge on any atom is 0.200 e. The van der Waals surface area contributed by atoms with Crippen LogP contribution >= 0.6 is 0 Å². The van der Waals surface area contributed by atoms with E-state index in [1.165, 1.54) is 70.6 Å². The summed E-state index contributed by atoms with van der Waals surface area (Å²) in [6.07, 6.45) is 20.5. The third kappa shape index (κ3) is 9.49. The fourth-order valence-electron chi connectivity index (χ4n) is 5.01. The van der Waals surface area contributed by atoms with Crippen molar-refractivity contribution in [1.82, 2.24) is 0 Å². The van der Waals surface area contributed by atoms with Crippen LogP contribution in [0.15, 0.2) is 12.1 Å². The zero-order chi connectivity index (χ0) is 22.3. The van der Waals surface area contributed by atoms with Gasteiger partial charge < -0.3 is 4.74 Å². The van der Waals surface area contributed by atoms with Crippen LogP contribution in [0.5, 0.6) is 5.75 Å². The lowest BCUT2D eigenvalue weighted by atomic mass is 9.77. The van der Waals surface area contributed by atoms with Crippen molar-refractivity contribution in [2.24, 2.45) is 5.92 Å². The van der Waals surface area contributed by atoms with Gasteiger partial charge in [-0.3, -0.25) is 0 Å². The second-order valence-electron chi connectivity index (χ2n) is 9.67. The topological polar surface area (TPSA) is 9.23 Å². The van der Waals surface area contributed by atoms with Crippen LogP contribution in [-0.2, 0) is 0 Å². The average Bonchev–Trinajstić information content (AvgIpc) is 2.79. The van der Waals surface area contributed by atoms with Crippen molar-refractivity contribution in [1.29, 1.82) is 0 Å². The first-order chi connectivity index (χ1) is 15.2. The third-order valence-corrected chi connectivity index (χ3v) is 7.08. The Morgan fingerprint density at radius 1 is 0.710 bits per heavy atom.